The lowest BCUT2D eigenvalue weighted by Crippen LogP contribution is -2.51. The van der Waals surface area contributed by atoms with Crippen molar-refractivity contribution >= 4 is 69.6 Å². The van der Waals surface area contributed by atoms with Crippen molar-refractivity contribution in [2.75, 3.05) is 85.1 Å². The molecular weight excluding hydrogens is 948 g/mol. The van der Waals surface area contributed by atoms with Crippen LogP contribution in [0.3, 0.4) is 0 Å². The molecule has 23 nitrogen and oxygen atoms in total. The molecule has 1 saturated heterocycles. The van der Waals surface area contributed by atoms with E-state index in [9.17, 15) is 68.7 Å². The van der Waals surface area contributed by atoms with Gasteiger partial charge in [-0.05, 0) is 61.1 Å². The third-order valence-electron chi connectivity index (χ3n) is 10.7. The highest BCUT2D eigenvalue weighted by Crippen LogP contribution is 2.17. The standard InChI is InChI=1S/C43H59BrN8O15/c44-32-10-6-30(7-11-32)24-52(14-2-1-3-33(41(63)64)46-43(67)47-34(42(65)66)12-13-36(54)55)40(62)31-8-4-29(5-9-31)23-45-35(53)25-48-15-17-49(26-37(56)57)19-21-51(28-39(60)61)22-20-50(18-16-48)27-38(58)59/h4-11,33-34H,1-3,12-28H2,(H,45,53)(H,54,55)(H,56,57)(H,58,59)(H,60,61)(H,63,64)(H,65,66)(H2,46,47,67). The Morgan fingerprint density at radius 3 is 1.42 bits per heavy atom. The van der Waals surface area contributed by atoms with E-state index >= 15 is 0 Å². The van der Waals surface area contributed by atoms with E-state index in [1.54, 1.807) is 48.8 Å². The molecule has 0 saturated carbocycles. The zero-order chi connectivity index (χ0) is 49.5. The molecular formula is C43H59BrN8O15. The highest BCUT2D eigenvalue weighted by atomic mass is 79.9. The number of halogens is 1. The van der Waals surface area contributed by atoms with Crippen LogP contribution in [-0.2, 0) is 46.7 Å². The van der Waals surface area contributed by atoms with Crippen LogP contribution in [-0.4, -0.2) is 206 Å². The van der Waals surface area contributed by atoms with Gasteiger partial charge in [-0.1, -0.05) is 40.2 Å². The third-order valence-corrected chi connectivity index (χ3v) is 11.2. The number of nitrogens with one attached hydrogen (secondary N) is 3. The Balaban J connectivity index is 1.64. The van der Waals surface area contributed by atoms with Crippen molar-refractivity contribution in [1.82, 2.24) is 40.4 Å². The largest absolute Gasteiger partial charge is 0.481 e. The third kappa shape index (κ3) is 22.2. The molecule has 3 rings (SSSR count). The number of carboxylic acid groups (broad SMARTS) is 6. The molecule has 2 atom stereocenters. The molecule has 1 fully saturated rings. The summed E-state index contributed by atoms with van der Waals surface area (Å²) in [7, 11) is 0. The molecule has 0 radical (unpaired) electrons. The number of rotatable bonds is 25. The minimum Gasteiger partial charge on any atom is -0.481 e. The lowest BCUT2D eigenvalue weighted by molar-refractivity contribution is -0.141. The number of carbonyl (C=O) groups is 9. The van der Waals surface area contributed by atoms with E-state index in [-0.39, 0.29) is 123 Å². The molecule has 1 heterocycles. The van der Waals surface area contributed by atoms with Crippen LogP contribution in [0.4, 0.5) is 4.79 Å². The number of unbranched alkanes of at least 4 members (excludes halogenated alkanes) is 1. The minimum absolute atomic E-state index is 0.0600. The van der Waals surface area contributed by atoms with Crippen LogP contribution in [0.15, 0.2) is 53.0 Å². The number of aliphatic carboxylic acids is 6. The number of carbonyl (C=O) groups excluding carboxylic acids is 3. The summed E-state index contributed by atoms with van der Waals surface area (Å²) in [5.74, 6) is -7.98. The highest BCUT2D eigenvalue weighted by molar-refractivity contribution is 9.10. The molecule has 2 aromatic carbocycles. The first kappa shape index (κ1) is 55.1. The number of urea groups is 1. The molecule has 67 heavy (non-hydrogen) atoms. The summed E-state index contributed by atoms with van der Waals surface area (Å²) in [5, 5.41) is 63.5. The monoisotopic (exact) mass is 1010 g/mol. The fraction of sp³-hybridized carbons (Fsp3) is 0.512. The Labute approximate surface area is 394 Å². The second kappa shape index (κ2) is 28.7. The zero-order valence-corrected chi connectivity index (χ0v) is 38.5. The first-order valence-electron chi connectivity index (χ1n) is 21.5. The molecule has 4 amide bonds. The zero-order valence-electron chi connectivity index (χ0n) is 36.9. The second-order valence-electron chi connectivity index (χ2n) is 15.9. The van der Waals surface area contributed by atoms with Crippen LogP contribution >= 0.6 is 15.9 Å². The van der Waals surface area contributed by atoms with Crippen molar-refractivity contribution in [2.24, 2.45) is 0 Å². The van der Waals surface area contributed by atoms with Gasteiger partial charge in [-0.25, -0.2) is 14.4 Å². The number of hydrogen-bond acceptors (Lipinski definition) is 13. The average Bonchev–Trinajstić information content (AvgIpc) is 3.25. The molecule has 0 spiro atoms. The van der Waals surface area contributed by atoms with Crippen molar-refractivity contribution in [3.8, 4) is 0 Å². The molecule has 368 valence electrons. The Hall–Kier alpha value is -6.21. The topological polar surface area (TPSA) is 327 Å². The van der Waals surface area contributed by atoms with Crippen LogP contribution in [0, 0.1) is 0 Å². The van der Waals surface area contributed by atoms with Gasteiger partial charge in [0.25, 0.3) is 5.91 Å². The molecule has 2 unspecified atom stereocenters. The molecule has 1 aliphatic heterocycles. The van der Waals surface area contributed by atoms with E-state index < -0.39 is 66.8 Å². The summed E-state index contributed by atoms with van der Waals surface area (Å²) in [6.07, 6.45) is -0.425. The molecule has 1 aliphatic rings. The van der Waals surface area contributed by atoms with Gasteiger partial charge in [-0.2, -0.15) is 0 Å². The number of carboxylic acids is 6. The van der Waals surface area contributed by atoms with Crippen molar-refractivity contribution in [1.29, 1.82) is 0 Å². The average molecular weight is 1010 g/mol. The summed E-state index contributed by atoms with van der Waals surface area (Å²) in [5.41, 5.74) is 1.83. The highest BCUT2D eigenvalue weighted by Gasteiger charge is 2.26. The SMILES string of the molecule is O=C(O)CCC(NC(=O)NC(CCCCN(Cc1ccc(Br)cc1)C(=O)c1ccc(CNC(=O)CN2CCN(CC(=O)O)CCN(CC(=O)O)CCN(CC(=O)O)CC2)cc1)C(=O)O)C(=O)O. The van der Waals surface area contributed by atoms with Crippen LogP contribution in [0.1, 0.15) is 53.6 Å². The summed E-state index contributed by atoms with van der Waals surface area (Å²) >= 11 is 3.40. The fourth-order valence-corrected chi connectivity index (χ4v) is 7.31. The van der Waals surface area contributed by atoms with E-state index in [0.717, 1.165) is 10.0 Å². The first-order valence-corrected chi connectivity index (χ1v) is 22.3. The van der Waals surface area contributed by atoms with Gasteiger partial charge in [-0.15, -0.1) is 0 Å². The lowest BCUT2D eigenvalue weighted by Gasteiger charge is -2.32. The predicted molar refractivity (Wildman–Crippen MR) is 241 cm³/mol. The van der Waals surface area contributed by atoms with Crippen molar-refractivity contribution < 1.29 is 73.8 Å². The molecule has 0 aromatic heterocycles. The van der Waals surface area contributed by atoms with Crippen LogP contribution in [0.5, 0.6) is 0 Å². The molecule has 0 aliphatic carbocycles. The quantitative estimate of drug-likeness (QED) is 0.0609. The van der Waals surface area contributed by atoms with Crippen molar-refractivity contribution in [2.45, 2.75) is 57.3 Å². The molecule has 2 aromatic rings. The van der Waals surface area contributed by atoms with Gasteiger partial charge in [0.05, 0.1) is 26.2 Å². The van der Waals surface area contributed by atoms with Gasteiger partial charge < -0.3 is 51.5 Å². The van der Waals surface area contributed by atoms with Gasteiger partial charge >= 0.3 is 41.8 Å². The summed E-state index contributed by atoms with van der Waals surface area (Å²) in [6, 6.07) is 9.90. The summed E-state index contributed by atoms with van der Waals surface area (Å²) in [6.45, 7) is 1.58. The maximum Gasteiger partial charge on any atom is 0.326 e. The number of benzene rings is 2. The van der Waals surface area contributed by atoms with Gasteiger partial charge in [0.2, 0.25) is 5.91 Å². The normalized spacial score (nSPS) is 15.4. The second-order valence-corrected chi connectivity index (χ2v) is 16.9. The van der Waals surface area contributed by atoms with Crippen LogP contribution < -0.4 is 16.0 Å². The molecule has 9 N–H and O–H groups in total. The van der Waals surface area contributed by atoms with Gasteiger partial charge in [0, 0.05) is 88.4 Å². The van der Waals surface area contributed by atoms with Gasteiger partial charge in [0.15, 0.2) is 0 Å². The van der Waals surface area contributed by atoms with E-state index in [4.69, 9.17) is 5.11 Å². The number of nitrogens with zero attached hydrogens (tertiary/aromatic N) is 5. The molecule has 0 bridgehead atoms. The lowest BCUT2D eigenvalue weighted by atomic mass is 10.1. The Kier molecular flexibility index (Phi) is 23.6. The Morgan fingerprint density at radius 2 is 0.985 bits per heavy atom. The van der Waals surface area contributed by atoms with E-state index in [1.807, 2.05) is 24.3 Å². The minimum atomic E-state index is -1.55. The summed E-state index contributed by atoms with van der Waals surface area (Å²) < 4.78 is 0.834. The smallest absolute Gasteiger partial charge is 0.326 e. The fourth-order valence-electron chi connectivity index (χ4n) is 7.05. The number of hydrogen-bond donors (Lipinski definition) is 9. The van der Waals surface area contributed by atoms with E-state index in [2.05, 4.69) is 31.9 Å². The maximum atomic E-state index is 13.9. The van der Waals surface area contributed by atoms with Crippen molar-refractivity contribution in [3.63, 3.8) is 0 Å². The Bertz CT molecular complexity index is 1980. The van der Waals surface area contributed by atoms with Crippen LogP contribution in [0.25, 0.3) is 0 Å². The molecule has 24 heteroatoms. The van der Waals surface area contributed by atoms with Gasteiger partial charge in [-0.3, -0.25) is 48.4 Å². The Morgan fingerprint density at radius 1 is 0.552 bits per heavy atom. The van der Waals surface area contributed by atoms with E-state index in [0.29, 0.717) is 17.5 Å². The van der Waals surface area contributed by atoms with Crippen molar-refractivity contribution in [3.05, 3.63) is 69.7 Å². The van der Waals surface area contributed by atoms with Gasteiger partial charge in [0.1, 0.15) is 12.1 Å². The number of amides is 4. The summed E-state index contributed by atoms with van der Waals surface area (Å²) in [4.78, 5) is 117. The first-order chi connectivity index (χ1) is 31.8. The maximum absolute atomic E-state index is 13.9. The predicted octanol–water partition coefficient (Wildman–Crippen LogP) is 0.424. The van der Waals surface area contributed by atoms with E-state index in [1.165, 1.54) is 0 Å². The van der Waals surface area contributed by atoms with Crippen LogP contribution in [0.2, 0.25) is 0 Å².